The van der Waals surface area contributed by atoms with E-state index < -0.39 is 5.60 Å². The van der Waals surface area contributed by atoms with Gasteiger partial charge in [0.05, 0.1) is 25.7 Å². The second-order valence-corrected chi connectivity index (χ2v) is 7.11. The van der Waals surface area contributed by atoms with E-state index in [9.17, 15) is 4.79 Å². The highest BCUT2D eigenvalue weighted by atomic mass is 16.7. The summed E-state index contributed by atoms with van der Waals surface area (Å²) in [6.45, 7) is 6.55. The van der Waals surface area contributed by atoms with Gasteiger partial charge in [-0.05, 0) is 26.3 Å². The maximum absolute atomic E-state index is 11.9. The van der Waals surface area contributed by atoms with E-state index in [2.05, 4.69) is 0 Å². The summed E-state index contributed by atoms with van der Waals surface area (Å²) < 4.78 is 22.6. The van der Waals surface area contributed by atoms with Gasteiger partial charge < -0.3 is 18.9 Å². The SMILES string of the molecule is CC(C)(C)OC(=O)C[C@@H]1CO[C@H](OCc2ccccc2)[C@H]2O[C@@H]12. The van der Waals surface area contributed by atoms with E-state index >= 15 is 0 Å². The molecule has 0 saturated carbocycles. The summed E-state index contributed by atoms with van der Waals surface area (Å²) >= 11 is 0. The minimum Gasteiger partial charge on any atom is -0.460 e. The number of benzene rings is 1. The Bertz CT molecular complexity index is 536. The molecule has 1 aromatic carbocycles. The van der Waals surface area contributed by atoms with Crippen LogP contribution in [0, 0.1) is 5.92 Å². The average molecular weight is 320 g/mol. The van der Waals surface area contributed by atoms with Crippen LogP contribution in [-0.2, 0) is 30.3 Å². The van der Waals surface area contributed by atoms with Gasteiger partial charge in [-0.25, -0.2) is 0 Å². The van der Waals surface area contributed by atoms with Gasteiger partial charge >= 0.3 is 5.97 Å². The van der Waals surface area contributed by atoms with Crippen LogP contribution in [0.25, 0.3) is 0 Å². The van der Waals surface area contributed by atoms with Crippen LogP contribution in [0.15, 0.2) is 30.3 Å². The predicted octanol–water partition coefficient (Wildman–Crippen LogP) is 2.67. The molecule has 1 aromatic rings. The van der Waals surface area contributed by atoms with Crippen molar-refractivity contribution >= 4 is 5.97 Å². The molecular weight excluding hydrogens is 296 g/mol. The van der Waals surface area contributed by atoms with Crippen molar-refractivity contribution in [2.24, 2.45) is 5.92 Å². The Kier molecular flexibility index (Phi) is 4.71. The molecule has 2 fully saturated rings. The molecule has 5 nitrogen and oxygen atoms in total. The molecule has 0 aliphatic carbocycles. The fraction of sp³-hybridized carbons (Fsp3) is 0.611. The van der Waals surface area contributed by atoms with Gasteiger partial charge in [0.1, 0.15) is 11.7 Å². The normalized spacial score (nSPS) is 29.7. The number of fused-ring (bicyclic) bond motifs is 1. The largest absolute Gasteiger partial charge is 0.460 e. The molecule has 0 amide bonds. The maximum atomic E-state index is 11.9. The van der Waals surface area contributed by atoms with E-state index in [-0.39, 0.29) is 30.4 Å². The van der Waals surface area contributed by atoms with E-state index in [1.807, 2.05) is 51.1 Å². The zero-order chi connectivity index (χ0) is 16.4. The van der Waals surface area contributed by atoms with Crippen molar-refractivity contribution < 1.29 is 23.7 Å². The number of carbonyl (C=O) groups is 1. The third kappa shape index (κ3) is 4.53. The van der Waals surface area contributed by atoms with Gasteiger partial charge in [-0.15, -0.1) is 0 Å². The standard InChI is InChI=1S/C18H24O5/c1-18(2,3)23-14(19)9-13-11-21-17(16-15(13)22-16)20-10-12-7-5-4-6-8-12/h4-8,13,15-17H,9-11H2,1-3H3/t13-,15+,16+,17+/m1/s1. The van der Waals surface area contributed by atoms with Crippen molar-refractivity contribution in [1.29, 1.82) is 0 Å². The molecular formula is C18H24O5. The number of carbonyl (C=O) groups excluding carboxylic acids is 1. The molecule has 2 saturated heterocycles. The number of esters is 1. The summed E-state index contributed by atoms with van der Waals surface area (Å²) in [5, 5.41) is 0. The lowest BCUT2D eigenvalue weighted by atomic mass is 9.97. The topological polar surface area (TPSA) is 57.3 Å². The summed E-state index contributed by atoms with van der Waals surface area (Å²) in [5.41, 5.74) is 0.641. The Labute approximate surface area is 136 Å². The highest BCUT2D eigenvalue weighted by Crippen LogP contribution is 2.40. The second kappa shape index (κ2) is 6.59. The van der Waals surface area contributed by atoms with Crippen LogP contribution in [0.4, 0.5) is 0 Å². The molecule has 0 N–H and O–H groups in total. The minimum atomic E-state index is -0.461. The van der Waals surface area contributed by atoms with Gasteiger partial charge in [0, 0.05) is 5.92 Å². The summed E-state index contributed by atoms with van der Waals surface area (Å²) in [7, 11) is 0. The lowest BCUT2D eigenvalue weighted by molar-refractivity contribution is -0.179. The first-order chi connectivity index (χ1) is 10.9. The molecule has 3 rings (SSSR count). The van der Waals surface area contributed by atoms with Crippen molar-refractivity contribution in [3.8, 4) is 0 Å². The molecule has 0 spiro atoms. The lowest BCUT2D eigenvalue weighted by Crippen LogP contribution is -2.37. The van der Waals surface area contributed by atoms with Crippen molar-refractivity contribution in [2.75, 3.05) is 6.61 Å². The Balaban J connectivity index is 1.44. The fourth-order valence-electron chi connectivity index (χ4n) is 2.81. The molecule has 5 heteroatoms. The molecule has 0 radical (unpaired) electrons. The Morgan fingerprint density at radius 2 is 1.96 bits per heavy atom. The number of rotatable bonds is 5. The van der Waals surface area contributed by atoms with Crippen LogP contribution in [0.5, 0.6) is 0 Å². The smallest absolute Gasteiger partial charge is 0.306 e. The van der Waals surface area contributed by atoms with E-state index in [0.29, 0.717) is 19.6 Å². The van der Waals surface area contributed by atoms with Gasteiger partial charge in [0.15, 0.2) is 6.29 Å². The van der Waals surface area contributed by atoms with Crippen molar-refractivity contribution in [1.82, 2.24) is 0 Å². The maximum Gasteiger partial charge on any atom is 0.306 e. The Morgan fingerprint density at radius 3 is 2.65 bits per heavy atom. The van der Waals surface area contributed by atoms with Gasteiger partial charge in [-0.1, -0.05) is 30.3 Å². The predicted molar refractivity (Wildman–Crippen MR) is 83.6 cm³/mol. The minimum absolute atomic E-state index is 0.0389. The van der Waals surface area contributed by atoms with Crippen molar-refractivity contribution in [3.63, 3.8) is 0 Å². The van der Waals surface area contributed by atoms with E-state index in [4.69, 9.17) is 18.9 Å². The number of hydrogen-bond donors (Lipinski definition) is 0. The fourth-order valence-corrected chi connectivity index (χ4v) is 2.81. The van der Waals surface area contributed by atoms with Gasteiger partial charge in [-0.2, -0.15) is 0 Å². The molecule has 0 bridgehead atoms. The zero-order valence-electron chi connectivity index (χ0n) is 13.9. The average Bonchev–Trinajstić information content (AvgIpc) is 3.26. The van der Waals surface area contributed by atoms with Gasteiger partial charge in [0.25, 0.3) is 0 Å². The lowest BCUT2D eigenvalue weighted by Gasteiger charge is -2.26. The molecule has 23 heavy (non-hydrogen) atoms. The van der Waals surface area contributed by atoms with Crippen LogP contribution in [0.2, 0.25) is 0 Å². The number of hydrogen-bond acceptors (Lipinski definition) is 5. The Hall–Kier alpha value is -1.43. The van der Waals surface area contributed by atoms with Crippen molar-refractivity contribution in [3.05, 3.63) is 35.9 Å². The number of epoxide rings is 1. The van der Waals surface area contributed by atoms with Crippen LogP contribution < -0.4 is 0 Å². The van der Waals surface area contributed by atoms with Crippen LogP contribution >= 0.6 is 0 Å². The molecule has 0 aromatic heterocycles. The number of ether oxygens (including phenoxy) is 4. The summed E-state index contributed by atoms with van der Waals surface area (Å²) in [6.07, 6.45) is -0.0591. The quantitative estimate of drug-likeness (QED) is 0.617. The molecule has 2 aliphatic heterocycles. The van der Waals surface area contributed by atoms with Crippen molar-refractivity contribution in [2.45, 2.75) is 57.9 Å². The second-order valence-electron chi connectivity index (χ2n) is 7.11. The highest BCUT2D eigenvalue weighted by molar-refractivity contribution is 5.70. The Morgan fingerprint density at radius 1 is 1.22 bits per heavy atom. The van der Waals surface area contributed by atoms with Gasteiger partial charge in [-0.3, -0.25) is 4.79 Å². The molecule has 2 aliphatic rings. The summed E-state index contributed by atoms with van der Waals surface area (Å²) in [4.78, 5) is 11.9. The molecule has 0 unspecified atom stereocenters. The first-order valence-electron chi connectivity index (χ1n) is 8.07. The summed E-state index contributed by atoms with van der Waals surface area (Å²) in [5.74, 6) is -0.157. The molecule has 126 valence electrons. The van der Waals surface area contributed by atoms with Crippen LogP contribution in [-0.4, -0.2) is 36.7 Å². The zero-order valence-corrected chi connectivity index (χ0v) is 13.9. The third-order valence-electron chi connectivity index (χ3n) is 3.87. The first kappa shape index (κ1) is 16.4. The van der Waals surface area contributed by atoms with E-state index in [1.54, 1.807) is 0 Å². The summed E-state index contributed by atoms with van der Waals surface area (Å²) in [6, 6.07) is 9.96. The van der Waals surface area contributed by atoms with Crippen LogP contribution in [0.1, 0.15) is 32.8 Å². The highest BCUT2D eigenvalue weighted by Gasteiger charge is 2.55. The molecule has 2 heterocycles. The van der Waals surface area contributed by atoms with Gasteiger partial charge in [0.2, 0.25) is 0 Å². The third-order valence-corrected chi connectivity index (χ3v) is 3.87. The first-order valence-corrected chi connectivity index (χ1v) is 8.07. The van der Waals surface area contributed by atoms with E-state index in [0.717, 1.165) is 5.56 Å². The van der Waals surface area contributed by atoms with E-state index in [1.165, 1.54) is 0 Å². The van der Waals surface area contributed by atoms with Crippen LogP contribution in [0.3, 0.4) is 0 Å². The molecule has 4 atom stereocenters. The monoisotopic (exact) mass is 320 g/mol.